The Morgan fingerprint density at radius 1 is 1.00 bits per heavy atom. The zero-order valence-electron chi connectivity index (χ0n) is 15.6. The van der Waals surface area contributed by atoms with Gasteiger partial charge in [0.2, 0.25) is 11.7 Å². The summed E-state index contributed by atoms with van der Waals surface area (Å²) >= 11 is 1.60. The molecule has 0 radical (unpaired) electrons. The number of rotatable bonds is 9. The summed E-state index contributed by atoms with van der Waals surface area (Å²) in [6, 6.07) is 12.0. The van der Waals surface area contributed by atoms with Gasteiger partial charge in [-0.1, -0.05) is 29.8 Å². The van der Waals surface area contributed by atoms with E-state index in [-0.39, 0.29) is 5.91 Å². The van der Waals surface area contributed by atoms with Crippen LogP contribution in [0.2, 0.25) is 0 Å². The summed E-state index contributed by atoms with van der Waals surface area (Å²) in [5.41, 5.74) is 3.35. The van der Waals surface area contributed by atoms with E-state index < -0.39 is 0 Å². The van der Waals surface area contributed by atoms with Crippen molar-refractivity contribution in [2.45, 2.75) is 19.2 Å². The average Bonchev–Trinajstić information content (AvgIpc) is 2.65. The second-order valence-corrected chi connectivity index (χ2v) is 6.78. The first kappa shape index (κ1) is 20.0. The Morgan fingerprint density at radius 3 is 2.27 bits per heavy atom. The van der Waals surface area contributed by atoms with E-state index >= 15 is 0 Å². The van der Waals surface area contributed by atoms with Gasteiger partial charge >= 0.3 is 0 Å². The van der Waals surface area contributed by atoms with Gasteiger partial charge in [-0.15, -0.1) is 11.8 Å². The minimum absolute atomic E-state index is 0.00333. The molecule has 0 fully saturated rings. The van der Waals surface area contributed by atoms with E-state index in [0.717, 1.165) is 11.3 Å². The molecule has 2 rings (SSSR count). The van der Waals surface area contributed by atoms with Gasteiger partial charge in [-0.25, -0.2) is 0 Å². The normalized spacial score (nSPS) is 10.3. The number of thioether (sulfide) groups is 1. The molecule has 1 amide bonds. The van der Waals surface area contributed by atoms with Crippen LogP contribution in [0.4, 0.5) is 0 Å². The predicted octanol–water partition coefficient (Wildman–Crippen LogP) is 3.57. The van der Waals surface area contributed by atoms with Gasteiger partial charge in [0.05, 0.1) is 27.1 Å². The Kier molecular flexibility index (Phi) is 7.66. The minimum atomic E-state index is -0.00333. The second-order valence-electron chi connectivity index (χ2n) is 5.79. The standard InChI is InChI=1S/C20H25NO4S/c1-14-6-5-7-15(8-14)12-26-13-19(22)21-11-16-9-17(23-2)20(25-4)18(10-16)24-3/h5-10H,11-13H2,1-4H3,(H,21,22). The molecule has 0 aromatic heterocycles. The van der Waals surface area contributed by atoms with Gasteiger partial charge in [0.25, 0.3) is 0 Å². The lowest BCUT2D eigenvalue weighted by molar-refractivity contribution is -0.118. The molecule has 1 N–H and O–H groups in total. The summed E-state index contributed by atoms with van der Waals surface area (Å²) in [5.74, 6) is 2.92. The van der Waals surface area contributed by atoms with Crippen LogP contribution in [0.15, 0.2) is 36.4 Å². The van der Waals surface area contributed by atoms with Crippen molar-refractivity contribution in [2.75, 3.05) is 27.1 Å². The number of hydrogen-bond acceptors (Lipinski definition) is 5. The Hall–Kier alpha value is -2.34. The van der Waals surface area contributed by atoms with Crippen LogP contribution in [0.5, 0.6) is 17.2 Å². The van der Waals surface area contributed by atoms with Crippen molar-refractivity contribution in [1.29, 1.82) is 0 Å². The monoisotopic (exact) mass is 375 g/mol. The number of carbonyl (C=O) groups excluding carboxylic acids is 1. The van der Waals surface area contributed by atoms with Gasteiger partial charge in [0.1, 0.15) is 0 Å². The third kappa shape index (κ3) is 5.59. The van der Waals surface area contributed by atoms with E-state index in [9.17, 15) is 4.79 Å². The zero-order valence-corrected chi connectivity index (χ0v) is 16.4. The molecule has 0 heterocycles. The second kappa shape index (κ2) is 9.97. The molecule has 0 unspecified atom stereocenters. The Balaban J connectivity index is 1.86. The van der Waals surface area contributed by atoms with Crippen molar-refractivity contribution in [2.24, 2.45) is 0 Å². The third-order valence-electron chi connectivity index (χ3n) is 3.80. The summed E-state index contributed by atoms with van der Waals surface area (Å²) in [6.45, 7) is 2.47. The molecule has 140 valence electrons. The van der Waals surface area contributed by atoms with E-state index in [1.54, 1.807) is 33.1 Å². The summed E-state index contributed by atoms with van der Waals surface area (Å²) in [6.07, 6.45) is 0. The molecule has 0 aliphatic heterocycles. The molecule has 0 aliphatic carbocycles. The molecule has 0 spiro atoms. The van der Waals surface area contributed by atoms with Crippen LogP contribution in [-0.4, -0.2) is 33.0 Å². The largest absolute Gasteiger partial charge is 0.493 e. The lowest BCUT2D eigenvalue weighted by Gasteiger charge is -2.14. The Morgan fingerprint density at radius 2 is 1.69 bits per heavy atom. The SMILES string of the molecule is COc1cc(CNC(=O)CSCc2cccc(C)c2)cc(OC)c1OC. The first-order chi connectivity index (χ1) is 12.6. The average molecular weight is 375 g/mol. The number of nitrogens with one attached hydrogen (secondary N) is 1. The number of amides is 1. The number of methoxy groups -OCH3 is 3. The number of benzene rings is 2. The highest BCUT2D eigenvalue weighted by atomic mass is 32.2. The predicted molar refractivity (Wildman–Crippen MR) is 105 cm³/mol. The van der Waals surface area contributed by atoms with Gasteiger partial charge in [-0.05, 0) is 30.2 Å². The molecular formula is C20H25NO4S. The molecule has 0 atom stereocenters. The third-order valence-corrected chi connectivity index (χ3v) is 4.80. The molecule has 26 heavy (non-hydrogen) atoms. The Bertz CT molecular complexity index is 723. The number of carbonyl (C=O) groups is 1. The van der Waals surface area contributed by atoms with Crippen molar-refractivity contribution >= 4 is 17.7 Å². The van der Waals surface area contributed by atoms with Crippen LogP contribution in [0.3, 0.4) is 0 Å². The van der Waals surface area contributed by atoms with E-state index in [4.69, 9.17) is 14.2 Å². The van der Waals surface area contributed by atoms with Crippen molar-refractivity contribution in [1.82, 2.24) is 5.32 Å². The molecule has 2 aromatic carbocycles. The van der Waals surface area contributed by atoms with Gasteiger partial charge in [0.15, 0.2) is 11.5 Å². The van der Waals surface area contributed by atoms with Crippen LogP contribution in [0.1, 0.15) is 16.7 Å². The maximum absolute atomic E-state index is 12.1. The highest BCUT2D eigenvalue weighted by Gasteiger charge is 2.13. The van der Waals surface area contributed by atoms with Crippen LogP contribution < -0.4 is 19.5 Å². The molecule has 2 aromatic rings. The fourth-order valence-corrected chi connectivity index (χ4v) is 3.36. The first-order valence-electron chi connectivity index (χ1n) is 8.26. The highest BCUT2D eigenvalue weighted by molar-refractivity contribution is 7.99. The van der Waals surface area contributed by atoms with Crippen molar-refractivity contribution in [3.8, 4) is 17.2 Å². The maximum Gasteiger partial charge on any atom is 0.230 e. The number of ether oxygens (including phenoxy) is 3. The smallest absolute Gasteiger partial charge is 0.230 e. The van der Waals surface area contributed by atoms with Gasteiger partial charge < -0.3 is 19.5 Å². The lowest BCUT2D eigenvalue weighted by Crippen LogP contribution is -2.24. The fraction of sp³-hybridized carbons (Fsp3) is 0.350. The highest BCUT2D eigenvalue weighted by Crippen LogP contribution is 2.38. The summed E-state index contributed by atoms with van der Waals surface area (Å²) in [5, 5.41) is 2.93. The summed E-state index contributed by atoms with van der Waals surface area (Å²) in [4.78, 5) is 12.1. The van der Waals surface area contributed by atoms with Crippen LogP contribution >= 0.6 is 11.8 Å². The van der Waals surface area contributed by atoms with E-state index in [1.165, 1.54) is 11.1 Å². The van der Waals surface area contributed by atoms with E-state index in [1.807, 2.05) is 18.2 Å². The fourth-order valence-electron chi connectivity index (χ4n) is 2.55. The van der Waals surface area contributed by atoms with Gasteiger partial charge in [0, 0.05) is 12.3 Å². The van der Waals surface area contributed by atoms with Crippen LogP contribution in [-0.2, 0) is 17.1 Å². The number of aryl methyl sites for hydroxylation is 1. The van der Waals surface area contributed by atoms with Crippen molar-refractivity contribution in [3.63, 3.8) is 0 Å². The van der Waals surface area contributed by atoms with Crippen molar-refractivity contribution in [3.05, 3.63) is 53.1 Å². The van der Waals surface area contributed by atoms with Gasteiger partial charge in [-0.3, -0.25) is 4.79 Å². The van der Waals surface area contributed by atoms with E-state index in [0.29, 0.717) is 29.5 Å². The topological polar surface area (TPSA) is 56.8 Å². The lowest BCUT2D eigenvalue weighted by atomic mass is 10.2. The van der Waals surface area contributed by atoms with Gasteiger partial charge in [-0.2, -0.15) is 0 Å². The summed E-state index contributed by atoms with van der Waals surface area (Å²) in [7, 11) is 4.70. The molecule has 0 saturated heterocycles. The number of hydrogen-bond donors (Lipinski definition) is 1. The molecule has 5 nitrogen and oxygen atoms in total. The maximum atomic E-state index is 12.1. The van der Waals surface area contributed by atoms with Crippen LogP contribution in [0.25, 0.3) is 0 Å². The summed E-state index contributed by atoms with van der Waals surface area (Å²) < 4.78 is 16.0. The first-order valence-corrected chi connectivity index (χ1v) is 9.41. The molecule has 0 saturated carbocycles. The molecule has 0 aliphatic rings. The van der Waals surface area contributed by atoms with Crippen molar-refractivity contribution < 1.29 is 19.0 Å². The van der Waals surface area contributed by atoms with E-state index in [2.05, 4.69) is 30.4 Å². The Labute approximate surface area is 159 Å². The minimum Gasteiger partial charge on any atom is -0.493 e. The molecular weight excluding hydrogens is 350 g/mol. The van der Waals surface area contributed by atoms with Crippen LogP contribution in [0, 0.1) is 6.92 Å². The molecule has 6 heteroatoms. The zero-order chi connectivity index (χ0) is 18.9. The molecule has 0 bridgehead atoms. The quantitative estimate of drug-likeness (QED) is 0.726.